The van der Waals surface area contributed by atoms with Gasteiger partial charge in [0.2, 0.25) is 0 Å². The lowest BCUT2D eigenvalue weighted by Crippen LogP contribution is -2.31. The highest BCUT2D eigenvalue weighted by atomic mass is 32.1. The van der Waals surface area contributed by atoms with Crippen molar-refractivity contribution in [2.45, 2.75) is 12.8 Å². The quantitative estimate of drug-likeness (QED) is 0.198. The fourth-order valence-corrected chi connectivity index (χ4v) is 5.13. The lowest BCUT2D eigenvalue weighted by atomic mass is 9.80. The molecule has 1 heterocycles. The van der Waals surface area contributed by atoms with Crippen molar-refractivity contribution in [3.05, 3.63) is 129 Å². The summed E-state index contributed by atoms with van der Waals surface area (Å²) in [6.07, 6.45) is 1.67. The van der Waals surface area contributed by atoms with Gasteiger partial charge in [0.25, 0.3) is 0 Å². The number of carbonyl (C=O) groups is 2. The van der Waals surface area contributed by atoms with Gasteiger partial charge in [0.1, 0.15) is 5.92 Å². The Kier molecular flexibility index (Phi) is 6.11. The fourth-order valence-electron chi connectivity index (χ4n) is 4.38. The molecule has 0 spiro atoms. The van der Waals surface area contributed by atoms with Crippen LogP contribution >= 0.6 is 11.3 Å². The molecule has 5 rings (SSSR count). The van der Waals surface area contributed by atoms with E-state index in [1.807, 2.05) is 97.9 Å². The fraction of sp³-hybridized carbons (Fsp3) is 0.103. The molecular formula is C29H22N2O2S. The molecule has 0 bridgehead atoms. The Labute approximate surface area is 202 Å². The van der Waals surface area contributed by atoms with Gasteiger partial charge in [-0.2, -0.15) is 10.2 Å². The molecule has 1 atom stereocenters. The van der Waals surface area contributed by atoms with E-state index in [0.29, 0.717) is 16.8 Å². The minimum Gasteiger partial charge on any atom is -0.297 e. The van der Waals surface area contributed by atoms with Gasteiger partial charge in [0.15, 0.2) is 11.6 Å². The second-order valence-electron chi connectivity index (χ2n) is 8.18. The highest BCUT2D eigenvalue weighted by Crippen LogP contribution is 2.35. The van der Waals surface area contributed by atoms with Crippen molar-refractivity contribution in [3.8, 4) is 0 Å². The maximum absolute atomic E-state index is 14.1. The zero-order valence-electron chi connectivity index (χ0n) is 18.6. The first kappa shape index (κ1) is 21.9. The lowest BCUT2D eigenvalue weighted by Gasteiger charge is -2.20. The predicted molar refractivity (Wildman–Crippen MR) is 137 cm³/mol. The first-order chi connectivity index (χ1) is 16.6. The van der Waals surface area contributed by atoms with Gasteiger partial charge in [0.05, 0.1) is 17.8 Å². The number of nitrogens with zero attached hydrogens (tertiary/aromatic N) is 2. The van der Waals surface area contributed by atoms with E-state index < -0.39 is 11.8 Å². The van der Waals surface area contributed by atoms with E-state index in [4.69, 9.17) is 0 Å². The summed E-state index contributed by atoms with van der Waals surface area (Å²) in [5, 5.41) is 8.72. The highest BCUT2D eigenvalue weighted by Gasteiger charge is 2.44. The van der Waals surface area contributed by atoms with Gasteiger partial charge in [-0.05, 0) is 30.2 Å². The van der Waals surface area contributed by atoms with Crippen LogP contribution in [0.1, 0.15) is 42.7 Å². The van der Waals surface area contributed by atoms with Crippen molar-refractivity contribution < 1.29 is 9.59 Å². The summed E-state index contributed by atoms with van der Waals surface area (Å²) in [6.45, 7) is 2.03. The van der Waals surface area contributed by atoms with E-state index >= 15 is 0 Å². The number of aryl methyl sites for hydroxylation is 1. The van der Waals surface area contributed by atoms with E-state index in [9.17, 15) is 9.59 Å². The number of rotatable bonds is 6. The summed E-state index contributed by atoms with van der Waals surface area (Å²) in [5.41, 5.74) is 3.29. The Morgan fingerprint density at radius 3 is 2.00 bits per heavy atom. The standard InChI is InChI=1S/C29H22N2O2S/c1-19-16-17-22(34-19)18-30-31-27-23-14-8-9-15-24(23)28(32)26(27)29(33)25(20-10-4-2-5-11-20)21-12-6-3-7-13-21/h2-18,25-26H,1H3. The third-order valence-corrected chi connectivity index (χ3v) is 6.89. The van der Waals surface area contributed by atoms with Crippen LogP contribution in [0.2, 0.25) is 0 Å². The van der Waals surface area contributed by atoms with E-state index in [-0.39, 0.29) is 11.6 Å². The van der Waals surface area contributed by atoms with Crippen LogP contribution in [0.25, 0.3) is 0 Å². The van der Waals surface area contributed by atoms with Gasteiger partial charge in [0, 0.05) is 20.9 Å². The van der Waals surface area contributed by atoms with Crippen molar-refractivity contribution in [2.75, 3.05) is 0 Å². The van der Waals surface area contributed by atoms with E-state index in [0.717, 1.165) is 16.0 Å². The molecule has 1 unspecified atom stereocenters. The van der Waals surface area contributed by atoms with E-state index in [1.54, 1.807) is 23.6 Å². The number of hydrogen-bond donors (Lipinski definition) is 0. The molecule has 1 aliphatic carbocycles. The first-order valence-electron chi connectivity index (χ1n) is 11.1. The molecule has 0 radical (unpaired) electrons. The Hall–Kier alpha value is -3.96. The molecule has 5 heteroatoms. The summed E-state index contributed by atoms with van der Waals surface area (Å²) < 4.78 is 0. The molecule has 0 saturated heterocycles. The minimum atomic E-state index is -1.01. The number of benzene rings is 3. The molecule has 4 nitrogen and oxygen atoms in total. The second-order valence-corrected chi connectivity index (χ2v) is 9.50. The molecule has 0 fully saturated rings. The Morgan fingerprint density at radius 2 is 1.41 bits per heavy atom. The normalized spacial score (nSPS) is 16.5. The van der Waals surface area contributed by atoms with Crippen LogP contribution < -0.4 is 0 Å². The first-order valence-corrected chi connectivity index (χ1v) is 11.9. The summed E-state index contributed by atoms with van der Waals surface area (Å²) in [7, 11) is 0. The predicted octanol–water partition coefficient (Wildman–Crippen LogP) is 6.09. The molecule has 0 amide bonds. The van der Waals surface area contributed by atoms with Crippen LogP contribution in [0.5, 0.6) is 0 Å². The van der Waals surface area contributed by atoms with Crippen molar-refractivity contribution in [1.29, 1.82) is 0 Å². The summed E-state index contributed by atoms with van der Waals surface area (Å²) >= 11 is 1.61. The van der Waals surface area contributed by atoms with Crippen molar-refractivity contribution in [1.82, 2.24) is 0 Å². The number of Topliss-reactive ketones (excluding diaryl/α,β-unsaturated/α-hetero) is 2. The number of thiophene rings is 1. The monoisotopic (exact) mass is 462 g/mol. The van der Waals surface area contributed by atoms with Crippen LogP contribution in [0.15, 0.2) is 107 Å². The number of carbonyl (C=O) groups excluding carboxylic acids is 2. The molecule has 3 aromatic carbocycles. The summed E-state index contributed by atoms with van der Waals surface area (Å²) in [5.74, 6) is -2.01. The highest BCUT2D eigenvalue weighted by molar-refractivity contribution is 7.13. The molecule has 166 valence electrons. The number of ketones is 2. The summed E-state index contributed by atoms with van der Waals surface area (Å²) in [4.78, 5) is 29.8. The van der Waals surface area contributed by atoms with Crippen molar-refractivity contribution in [3.63, 3.8) is 0 Å². The minimum absolute atomic E-state index is 0.195. The molecule has 34 heavy (non-hydrogen) atoms. The SMILES string of the molecule is Cc1ccc(C=NN=C2c3ccccc3C(=O)C2C(=O)C(c2ccccc2)c2ccccc2)s1. The van der Waals surface area contributed by atoms with Gasteiger partial charge in [-0.25, -0.2) is 0 Å². The smallest absolute Gasteiger partial charge is 0.180 e. The third kappa shape index (κ3) is 4.18. The van der Waals surface area contributed by atoms with Gasteiger partial charge in [-0.3, -0.25) is 9.59 Å². The molecule has 1 aliphatic rings. The number of fused-ring (bicyclic) bond motifs is 1. The molecule has 0 N–H and O–H groups in total. The van der Waals surface area contributed by atoms with Gasteiger partial charge in [-0.1, -0.05) is 84.9 Å². The maximum Gasteiger partial charge on any atom is 0.180 e. The van der Waals surface area contributed by atoms with Gasteiger partial charge < -0.3 is 0 Å². The van der Waals surface area contributed by atoms with Crippen LogP contribution in [0.3, 0.4) is 0 Å². The average molecular weight is 463 g/mol. The van der Waals surface area contributed by atoms with Gasteiger partial charge >= 0.3 is 0 Å². The molecular weight excluding hydrogens is 440 g/mol. The topological polar surface area (TPSA) is 58.9 Å². The van der Waals surface area contributed by atoms with Crippen LogP contribution in [0, 0.1) is 12.8 Å². The van der Waals surface area contributed by atoms with E-state index in [1.165, 1.54) is 4.88 Å². The zero-order chi connectivity index (χ0) is 23.5. The Balaban J connectivity index is 1.59. The largest absolute Gasteiger partial charge is 0.297 e. The van der Waals surface area contributed by atoms with Gasteiger partial charge in [-0.15, -0.1) is 11.3 Å². The van der Waals surface area contributed by atoms with Crippen molar-refractivity contribution in [2.24, 2.45) is 16.1 Å². The maximum atomic E-state index is 14.1. The number of hydrogen-bond acceptors (Lipinski definition) is 5. The molecule has 0 aliphatic heterocycles. The zero-order valence-corrected chi connectivity index (χ0v) is 19.4. The van der Waals surface area contributed by atoms with Crippen LogP contribution in [-0.2, 0) is 4.79 Å². The Morgan fingerprint density at radius 1 is 0.824 bits per heavy atom. The summed E-state index contributed by atoms with van der Waals surface area (Å²) in [6, 6.07) is 30.4. The average Bonchev–Trinajstić information content (AvgIpc) is 3.41. The Bertz CT molecular complexity index is 1360. The second kappa shape index (κ2) is 9.49. The van der Waals surface area contributed by atoms with Crippen molar-refractivity contribution >= 4 is 34.8 Å². The van der Waals surface area contributed by atoms with E-state index in [2.05, 4.69) is 10.2 Å². The third-order valence-electron chi connectivity index (χ3n) is 5.95. The molecule has 4 aromatic rings. The molecule has 1 aromatic heterocycles. The van der Waals surface area contributed by atoms with Crippen LogP contribution in [0.4, 0.5) is 0 Å². The molecule has 0 saturated carbocycles. The van der Waals surface area contributed by atoms with Crippen LogP contribution in [-0.4, -0.2) is 23.5 Å². The lowest BCUT2D eigenvalue weighted by molar-refractivity contribution is -0.120.